The summed E-state index contributed by atoms with van der Waals surface area (Å²) in [5, 5.41) is 6.08. The molecule has 5 rings (SSSR count). The van der Waals surface area contributed by atoms with E-state index in [1.54, 1.807) is 43.3 Å². The Hall–Kier alpha value is -3.52. The highest BCUT2D eigenvalue weighted by Gasteiger charge is 2.70. The van der Waals surface area contributed by atoms with Crippen LogP contribution in [-0.4, -0.2) is 36.8 Å². The number of nitrogens with zero attached hydrogens (tertiary/aromatic N) is 1. The van der Waals surface area contributed by atoms with Crippen molar-refractivity contribution in [1.82, 2.24) is 5.32 Å². The molecule has 0 saturated carbocycles. The lowest BCUT2D eigenvalue weighted by atomic mass is 9.76. The fourth-order valence-corrected chi connectivity index (χ4v) is 5.11. The van der Waals surface area contributed by atoms with E-state index in [9.17, 15) is 19.2 Å². The molecule has 30 heavy (non-hydrogen) atoms. The third-order valence-electron chi connectivity index (χ3n) is 6.32. The highest BCUT2D eigenvalue weighted by atomic mass is 16.5. The van der Waals surface area contributed by atoms with Crippen LogP contribution in [0.15, 0.2) is 48.5 Å². The number of carbonyl (C=O) groups is 4. The summed E-state index contributed by atoms with van der Waals surface area (Å²) in [7, 11) is 1.24. The molecular formula is C22H19N3O5. The van der Waals surface area contributed by atoms with Gasteiger partial charge < -0.3 is 10.1 Å². The number of para-hydroxylation sites is 2. The zero-order chi connectivity index (χ0) is 21.2. The fourth-order valence-electron chi connectivity index (χ4n) is 5.11. The number of carbonyl (C=O) groups excluding carboxylic acids is 4. The lowest BCUT2D eigenvalue weighted by Gasteiger charge is -2.29. The first kappa shape index (κ1) is 18.5. The number of imide groups is 1. The van der Waals surface area contributed by atoms with E-state index >= 15 is 0 Å². The highest BCUT2D eigenvalue weighted by molar-refractivity contribution is 6.27. The SMILES string of the molecule is COC(=O)c1ccccc1N1C(=O)[C@@H]2[C@H](C)N[C@@]3(C(=O)Nc4ccccc43)[C@@H]2C1=O. The smallest absolute Gasteiger partial charge is 0.339 e. The van der Waals surface area contributed by atoms with Crippen LogP contribution in [0.5, 0.6) is 0 Å². The Balaban J connectivity index is 1.66. The molecule has 3 heterocycles. The van der Waals surface area contributed by atoms with Crippen LogP contribution in [0.3, 0.4) is 0 Å². The van der Waals surface area contributed by atoms with Crippen LogP contribution in [0.4, 0.5) is 11.4 Å². The van der Waals surface area contributed by atoms with Crippen molar-refractivity contribution in [3.05, 3.63) is 59.7 Å². The van der Waals surface area contributed by atoms with E-state index in [4.69, 9.17) is 4.74 Å². The van der Waals surface area contributed by atoms with E-state index in [2.05, 4.69) is 10.6 Å². The molecule has 3 amide bonds. The number of hydrogen-bond donors (Lipinski definition) is 2. The van der Waals surface area contributed by atoms with Gasteiger partial charge in [0.05, 0.1) is 30.2 Å². The Morgan fingerprint density at radius 1 is 1.03 bits per heavy atom. The maximum Gasteiger partial charge on any atom is 0.339 e. The number of nitrogens with one attached hydrogen (secondary N) is 2. The number of esters is 1. The number of anilines is 2. The Kier molecular flexibility index (Phi) is 3.85. The van der Waals surface area contributed by atoms with Gasteiger partial charge in [-0.25, -0.2) is 9.69 Å². The van der Waals surface area contributed by atoms with Crippen LogP contribution >= 0.6 is 0 Å². The summed E-state index contributed by atoms with van der Waals surface area (Å²) < 4.78 is 4.81. The van der Waals surface area contributed by atoms with E-state index in [1.807, 2.05) is 0 Å². The van der Waals surface area contributed by atoms with Crippen molar-refractivity contribution in [3.63, 3.8) is 0 Å². The summed E-state index contributed by atoms with van der Waals surface area (Å²) >= 11 is 0. The minimum Gasteiger partial charge on any atom is -0.465 e. The van der Waals surface area contributed by atoms with Crippen LogP contribution in [0.1, 0.15) is 22.8 Å². The Labute approximate surface area is 172 Å². The van der Waals surface area contributed by atoms with Crippen LogP contribution in [0.2, 0.25) is 0 Å². The molecule has 0 radical (unpaired) electrons. The minimum absolute atomic E-state index is 0.118. The standard InChI is InChI=1S/C22H19N3O5/c1-11-16-17(22(24-11)13-8-4-5-9-14(13)23-21(22)29)19(27)25(18(16)26)15-10-6-3-7-12(15)20(28)30-2/h3-11,16-17,24H,1-2H3,(H,23,29)/t11-,16+,17-,22+/m0/s1. The molecule has 4 atom stereocenters. The van der Waals surface area contributed by atoms with Gasteiger partial charge in [-0.15, -0.1) is 0 Å². The molecule has 3 aliphatic rings. The molecule has 8 heteroatoms. The molecule has 0 bridgehead atoms. The second-order valence-electron chi connectivity index (χ2n) is 7.76. The molecule has 0 aromatic heterocycles. The lowest BCUT2D eigenvalue weighted by molar-refractivity contribution is -0.130. The number of fused-ring (bicyclic) bond motifs is 4. The van der Waals surface area contributed by atoms with Crippen molar-refractivity contribution >= 4 is 35.1 Å². The molecule has 3 aliphatic heterocycles. The molecular weight excluding hydrogens is 386 g/mol. The Bertz CT molecular complexity index is 1130. The van der Waals surface area contributed by atoms with Gasteiger partial charge in [-0.05, 0) is 25.1 Å². The highest BCUT2D eigenvalue weighted by Crippen LogP contribution is 2.53. The average Bonchev–Trinajstić information content (AvgIpc) is 3.31. The zero-order valence-corrected chi connectivity index (χ0v) is 16.3. The van der Waals surface area contributed by atoms with Crippen molar-refractivity contribution in [1.29, 1.82) is 0 Å². The average molecular weight is 405 g/mol. The summed E-state index contributed by atoms with van der Waals surface area (Å²) in [6.45, 7) is 1.79. The van der Waals surface area contributed by atoms with E-state index < -0.39 is 41.2 Å². The van der Waals surface area contributed by atoms with Crippen molar-refractivity contribution in [2.75, 3.05) is 17.3 Å². The number of amides is 3. The molecule has 2 aromatic carbocycles. The summed E-state index contributed by atoms with van der Waals surface area (Å²) in [5.74, 6) is -3.60. The number of methoxy groups -OCH3 is 1. The van der Waals surface area contributed by atoms with Crippen molar-refractivity contribution in [2.45, 2.75) is 18.5 Å². The van der Waals surface area contributed by atoms with E-state index in [-0.39, 0.29) is 17.2 Å². The normalized spacial score (nSPS) is 29.2. The molecule has 2 fully saturated rings. The van der Waals surface area contributed by atoms with Crippen LogP contribution in [-0.2, 0) is 24.7 Å². The summed E-state index contributed by atoms with van der Waals surface area (Å²) in [5.41, 5.74) is 0.230. The van der Waals surface area contributed by atoms with Crippen molar-refractivity contribution < 1.29 is 23.9 Å². The number of benzene rings is 2. The largest absolute Gasteiger partial charge is 0.465 e. The van der Waals surface area contributed by atoms with Gasteiger partial charge in [-0.1, -0.05) is 30.3 Å². The lowest BCUT2D eigenvalue weighted by Crippen LogP contribution is -2.53. The summed E-state index contributed by atoms with van der Waals surface area (Å²) in [6.07, 6.45) is 0. The van der Waals surface area contributed by atoms with Crippen LogP contribution in [0.25, 0.3) is 0 Å². The predicted molar refractivity (Wildman–Crippen MR) is 107 cm³/mol. The molecule has 8 nitrogen and oxygen atoms in total. The second kappa shape index (κ2) is 6.24. The third kappa shape index (κ3) is 2.14. The third-order valence-corrected chi connectivity index (χ3v) is 6.32. The van der Waals surface area contributed by atoms with E-state index in [0.29, 0.717) is 11.3 Å². The number of rotatable bonds is 2. The van der Waals surface area contributed by atoms with Gasteiger partial charge in [0.25, 0.3) is 0 Å². The molecule has 0 unspecified atom stereocenters. The van der Waals surface area contributed by atoms with Crippen LogP contribution < -0.4 is 15.5 Å². The first-order valence-corrected chi connectivity index (χ1v) is 9.65. The maximum absolute atomic E-state index is 13.7. The first-order chi connectivity index (χ1) is 14.4. The van der Waals surface area contributed by atoms with Gasteiger partial charge in [0.15, 0.2) is 0 Å². The zero-order valence-electron chi connectivity index (χ0n) is 16.3. The molecule has 2 N–H and O–H groups in total. The van der Waals surface area contributed by atoms with Gasteiger partial charge in [0.1, 0.15) is 5.54 Å². The summed E-state index contributed by atoms with van der Waals surface area (Å²) in [4.78, 5) is 53.5. The quantitative estimate of drug-likeness (QED) is 0.578. The topological polar surface area (TPSA) is 105 Å². The summed E-state index contributed by atoms with van der Waals surface area (Å²) in [6, 6.07) is 13.1. The molecule has 2 aromatic rings. The Morgan fingerprint density at radius 3 is 2.50 bits per heavy atom. The maximum atomic E-state index is 13.7. The van der Waals surface area contributed by atoms with E-state index in [0.717, 1.165) is 4.90 Å². The van der Waals surface area contributed by atoms with Gasteiger partial charge >= 0.3 is 5.97 Å². The molecule has 0 aliphatic carbocycles. The monoisotopic (exact) mass is 405 g/mol. The predicted octanol–water partition coefficient (Wildman–Crippen LogP) is 1.42. The first-order valence-electron chi connectivity index (χ1n) is 9.65. The second-order valence-corrected chi connectivity index (χ2v) is 7.76. The Morgan fingerprint density at radius 2 is 1.73 bits per heavy atom. The molecule has 2 saturated heterocycles. The van der Waals surface area contributed by atoms with Gasteiger partial charge in [0, 0.05) is 17.3 Å². The van der Waals surface area contributed by atoms with Crippen LogP contribution in [0, 0.1) is 11.8 Å². The van der Waals surface area contributed by atoms with Gasteiger partial charge in [-0.3, -0.25) is 19.7 Å². The number of hydrogen-bond acceptors (Lipinski definition) is 6. The molecule has 152 valence electrons. The van der Waals surface area contributed by atoms with Crippen molar-refractivity contribution in [2.24, 2.45) is 11.8 Å². The van der Waals surface area contributed by atoms with Gasteiger partial charge in [0.2, 0.25) is 17.7 Å². The fraction of sp³-hybridized carbons (Fsp3) is 0.273. The van der Waals surface area contributed by atoms with Gasteiger partial charge in [-0.2, -0.15) is 0 Å². The number of ether oxygens (including phenoxy) is 1. The molecule has 1 spiro atoms. The van der Waals surface area contributed by atoms with E-state index in [1.165, 1.54) is 19.2 Å². The minimum atomic E-state index is -1.33. The van der Waals surface area contributed by atoms with Crippen molar-refractivity contribution in [3.8, 4) is 0 Å².